The average Bonchev–Trinajstić information content (AvgIpc) is 2.69. The van der Waals surface area contributed by atoms with E-state index in [1.807, 2.05) is 6.07 Å². The standard InChI is InChI=1S/C14H18N2O6/c1-19-13-11(17)10(16-14(15)18)12-9(22-13)6-20-7-4-2-3-5-8(7)21-12/h2-5,9-13,17H,6H2,1H3,(H3,15,16,18)/t9-,10-,11-,12-,13+/m0/s1. The van der Waals surface area contributed by atoms with Gasteiger partial charge in [-0.3, -0.25) is 0 Å². The zero-order valence-electron chi connectivity index (χ0n) is 12.0. The van der Waals surface area contributed by atoms with Crippen LogP contribution in [0.3, 0.4) is 0 Å². The number of fused-ring (bicyclic) bond motifs is 2. The van der Waals surface area contributed by atoms with E-state index >= 15 is 0 Å². The summed E-state index contributed by atoms with van der Waals surface area (Å²) in [5.41, 5.74) is 5.20. The highest BCUT2D eigenvalue weighted by Gasteiger charge is 2.49. The number of nitrogens with two attached hydrogens (primary N) is 1. The highest BCUT2D eigenvalue weighted by molar-refractivity contribution is 5.72. The van der Waals surface area contributed by atoms with Crippen LogP contribution in [0, 0.1) is 0 Å². The molecule has 8 heteroatoms. The van der Waals surface area contributed by atoms with Gasteiger partial charge in [0.1, 0.15) is 24.9 Å². The van der Waals surface area contributed by atoms with Crippen molar-refractivity contribution in [3.63, 3.8) is 0 Å². The van der Waals surface area contributed by atoms with Gasteiger partial charge in [0, 0.05) is 7.11 Å². The lowest BCUT2D eigenvalue weighted by Crippen LogP contribution is -2.67. The Hall–Kier alpha value is -2.03. The number of carbonyl (C=O) groups excluding carboxylic acids is 1. The van der Waals surface area contributed by atoms with Gasteiger partial charge in [-0.1, -0.05) is 12.1 Å². The van der Waals surface area contributed by atoms with Crippen molar-refractivity contribution in [2.45, 2.75) is 30.6 Å². The van der Waals surface area contributed by atoms with E-state index in [-0.39, 0.29) is 6.61 Å². The molecule has 120 valence electrons. The lowest BCUT2D eigenvalue weighted by molar-refractivity contribution is -0.262. The van der Waals surface area contributed by atoms with Crippen molar-refractivity contribution in [2.75, 3.05) is 13.7 Å². The van der Waals surface area contributed by atoms with Crippen LogP contribution < -0.4 is 20.5 Å². The highest BCUT2D eigenvalue weighted by Crippen LogP contribution is 2.35. The Labute approximate surface area is 127 Å². The van der Waals surface area contributed by atoms with E-state index in [2.05, 4.69) is 5.32 Å². The fourth-order valence-electron chi connectivity index (χ4n) is 2.72. The number of hydrogen-bond donors (Lipinski definition) is 3. The van der Waals surface area contributed by atoms with Crippen LogP contribution in [0.5, 0.6) is 11.5 Å². The Kier molecular flexibility index (Phi) is 4.06. The summed E-state index contributed by atoms with van der Waals surface area (Å²) < 4.78 is 22.3. The fraction of sp³-hybridized carbons (Fsp3) is 0.500. The molecule has 0 aliphatic carbocycles. The van der Waals surface area contributed by atoms with Crippen LogP contribution in [0.2, 0.25) is 0 Å². The fourth-order valence-corrected chi connectivity index (χ4v) is 2.72. The number of aliphatic hydroxyl groups excluding tert-OH is 1. The van der Waals surface area contributed by atoms with Gasteiger partial charge in [0.2, 0.25) is 0 Å². The summed E-state index contributed by atoms with van der Waals surface area (Å²) in [4.78, 5) is 11.2. The van der Waals surface area contributed by atoms with Crippen LogP contribution in [0.4, 0.5) is 4.79 Å². The molecule has 2 aliphatic rings. The summed E-state index contributed by atoms with van der Waals surface area (Å²) in [6, 6.07) is 5.60. The normalized spacial score (nSPS) is 33.5. The first-order chi connectivity index (χ1) is 10.6. The van der Waals surface area contributed by atoms with Gasteiger partial charge in [-0.2, -0.15) is 0 Å². The molecular formula is C14H18N2O6. The number of benzene rings is 1. The molecule has 1 aromatic carbocycles. The second kappa shape index (κ2) is 5.99. The smallest absolute Gasteiger partial charge is 0.312 e. The van der Waals surface area contributed by atoms with Gasteiger partial charge in [-0.15, -0.1) is 0 Å². The van der Waals surface area contributed by atoms with Crippen LogP contribution in [-0.2, 0) is 9.47 Å². The maximum Gasteiger partial charge on any atom is 0.312 e. The van der Waals surface area contributed by atoms with Gasteiger partial charge in [-0.05, 0) is 12.1 Å². The molecule has 4 N–H and O–H groups in total. The third-order valence-electron chi connectivity index (χ3n) is 3.73. The van der Waals surface area contributed by atoms with Gasteiger partial charge < -0.3 is 35.1 Å². The van der Waals surface area contributed by atoms with Crippen molar-refractivity contribution in [1.29, 1.82) is 0 Å². The van der Waals surface area contributed by atoms with Crippen LogP contribution >= 0.6 is 0 Å². The van der Waals surface area contributed by atoms with E-state index in [9.17, 15) is 9.90 Å². The summed E-state index contributed by atoms with van der Waals surface area (Å²) in [5.74, 6) is 1.08. The molecule has 2 heterocycles. The molecule has 0 radical (unpaired) electrons. The molecule has 0 bridgehead atoms. The number of amides is 2. The number of hydrogen-bond acceptors (Lipinski definition) is 6. The number of nitrogens with one attached hydrogen (secondary N) is 1. The molecule has 2 aliphatic heterocycles. The number of rotatable bonds is 2. The molecule has 1 fully saturated rings. The minimum absolute atomic E-state index is 0.200. The molecule has 0 aromatic heterocycles. The summed E-state index contributed by atoms with van der Waals surface area (Å²) >= 11 is 0. The third kappa shape index (κ3) is 2.68. The molecule has 1 saturated heterocycles. The lowest BCUT2D eigenvalue weighted by Gasteiger charge is -2.42. The van der Waals surface area contributed by atoms with E-state index < -0.39 is 36.7 Å². The maximum atomic E-state index is 11.2. The Morgan fingerprint density at radius 2 is 2.14 bits per heavy atom. The molecule has 2 amide bonds. The predicted octanol–water partition coefficient (Wildman–Crippen LogP) is -0.404. The quantitative estimate of drug-likeness (QED) is 0.685. The summed E-state index contributed by atoms with van der Waals surface area (Å²) in [5, 5.41) is 12.8. The monoisotopic (exact) mass is 310 g/mol. The van der Waals surface area contributed by atoms with Gasteiger partial charge in [0.05, 0.1) is 0 Å². The molecule has 8 nitrogen and oxygen atoms in total. The Balaban J connectivity index is 1.91. The summed E-state index contributed by atoms with van der Waals surface area (Å²) in [7, 11) is 1.41. The molecule has 3 rings (SSSR count). The van der Waals surface area contributed by atoms with Crippen molar-refractivity contribution in [2.24, 2.45) is 5.73 Å². The first-order valence-corrected chi connectivity index (χ1v) is 6.91. The van der Waals surface area contributed by atoms with Crippen LogP contribution in [0.25, 0.3) is 0 Å². The van der Waals surface area contributed by atoms with Crippen molar-refractivity contribution >= 4 is 6.03 Å². The van der Waals surface area contributed by atoms with Crippen LogP contribution in [0.15, 0.2) is 24.3 Å². The Morgan fingerprint density at radius 3 is 2.82 bits per heavy atom. The Morgan fingerprint density at radius 1 is 1.41 bits per heavy atom. The van der Waals surface area contributed by atoms with Crippen LogP contribution in [-0.4, -0.2) is 55.5 Å². The first kappa shape index (κ1) is 14.9. The molecule has 22 heavy (non-hydrogen) atoms. The second-order valence-corrected chi connectivity index (χ2v) is 5.14. The molecule has 1 aromatic rings. The van der Waals surface area contributed by atoms with Crippen molar-refractivity contribution < 1.29 is 28.8 Å². The average molecular weight is 310 g/mol. The summed E-state index contributed by atoms with van der Waals surface area (Å²) in [6.45, 7) is 0.200. The van der Waals surface area contributed by atoms with E-state index in [1.54, 1.807) is 18.2 Å². The molecule has 0 spiro atoms. The van der Waals surface area contributed by atoms with Crippen molar-refractivity contribution in [3.05, 3.63) is 24.3 Å². The SMILES string of the molecule is CO[C@@H]1O[C@H]2COc3ccccc3O[C@@H]2[C@@H](NC(N)=O)[C@@H]1O. The van der Waals surface area contributed by atoms with Gasteiger partial charge in [0.15, 0.2) is 23.9 Å². The van der Waals surface area contributed by atoms with E-state index in [0.29, 0.717) is 11.5 Å². The van der Waals surface area contributed by atoms with E-state index in [0.717, 1.165) is 0 Å². The first-order valence-electron chi connectivity index (χ1n) is 6.91. The maximum absolute atomic E-state index is 11.2. The largest absolute Gasteiger partial charge is 0.487 e. The van der Waals surface area contributed by atoms with Gasteiger partial charge >= 0.3 is 6.03 Å². The number of aliphatic hydroxyl groups is 1. The van der Waals surface area contributed by atoms with Crippen molar-refractivity contribution in [3.8, 4) is 11.5 Å². The van der Waals surface area contributed by atoms with Gasteiger partial charge in [0.25, 0.3) is 0 Å². The molecule has 0 saturated carbocycles. The number of urea groups is 1. The minimum Gasteiger partial charge on any atom is -0.487 e. The molecule has 5 atom stereocenters. The number of ether oxygens (including phenoxy) is 4. The van der Waals surface area contributed by atoms with E-state index in [1.165, 1.54) is 7.11 Å². The highest BCUT2D eigenvalue weighted by atomic mass is 16.7. The topological polar surface area (TPSA) is 112 Å². The predicted molar refractivity (Wildman–Crippen MR) is 74.5 cm³/mol. The van der Waals surface area contributed by atoms with Crippen molar-refractivity contribution in [1.82, 2.24) is 5.32 Å². The summed E-state index contributed by atoms with van der Waals surface area (Å²) in [6.07, 6.45) is -3.22. The number of para-hydroxylation sites is 2. The molecular weight excluding hydrogens is 292 g/mol. The number of primary amides is 1. The zero-order chi connectivity index (χ0) is 15.7. The van der Waals surface area contributed by atoms with Gasteiger partial charge in [-0.25, -0.2) is 4.79 Å². The minimum atomic E-state index is -1.12. The number of methoxy groups -OCH3 is 1. The van der Waals surface area contributed by atoms with Crippen LogP contribution in [0.1, 0.15) is 0 Å². The Bertz CT molecular complexity index is 554. The zero-order valence-corrected chi connectivity index (χ0v) is 12.0. The number of carbonyl (C=O) groups is 1. The lowest BCUT2D eigenvalue weighted by atomic mass is 9.96. The van der Waals surface area contributed by atoms with E-state index in [4.69, 9.17) is 24.7 Å². The third-order valence-corrected chi connectivity index (χ3v) is 3.73. The second-order valence-electron chi connectivity index (χ2n) is 5.14. The molecule has 0 unspecified atom stereocenters.